The summed E-state index contributed by atoms with van der Waals surface area (Å²) in [7, 11) is 0. The van der Waals surface area contributed by atoms with E-state index in [-0.39, 0.29) is 11.4 Å². The molecule has 1 aliphatic heterocycles. The average Bonchev–Trinajstić information content (AvgIpc) is 2.75. The lowest BCUT2D eigenvalue weighted by Gasteiger charge is -2.14. The van der Waals surface area contributed by atoms with Gasteiger partial charge in [0.2, 0.25) is 5.91 Å². The molecule has 1 amide bonds. The number of alkyl halides is 3. The van der Waals surface area contributed by atoms with E-state index >= 15 is 0 Å². The van der Waals surface area contributed by atoms with Crippen LogP contribution in [0, 0.1) is 5.92 Å². The first-order chi connectivity index (χ1) is 7.65. The van der Waals surface area contributed by atoms with Gasteiger partial charge in [-0.05, 0) is 12.8 Å². The van der Waals surface area contributed by atoms with Crippen LogP contribution in [0.4, 0.5) is 13.2 Å². The van der Waals surface area contributed by atoms with Crippen LogP contribution in [0.5, 0.6) is 0 Å². The lowest BCUT2D eigenvalue weighted by Crippen LogP contribution is -2.33. The van der Waals surface area contributed by atoms with Crippen molar-refractivity contribution in [1.29, 1.82) is 0 Å². The summed E-state index contributed by atoms with van der Waals surface area (Å²) in [5.74, 6) is -2.17. The monoisotopic (exact) mass is 254 g/mol. The maximum atomic E-state index is 10.8. The summed E-state index contributed by atoms with van der Waals surface area (Å²) in [5.41, 5.74) is 5.95. The van der Waals surface area contributed by atoms with Crippen molar-refractivity contribution in [1.82, 2.24) is 5.32 Å². The third-order valence-electron chi connectivity index (χ3n) is 2.86. The minimum atomic E-state index is -5.08. The Hall–Kier alpha value is -1.31. The van der Waals surface area contributed by atoms with Crippen molar-refractivity contribution in [2.75, 3.05) is 6.54 Å². The van der Waals surface area contributed by atoms with Crippen molar-refractivity contribution in [3.63, 3.8) is 0 Å². The van der Waals surface area contributed by atoms with Gasteiger partial charge < -0.3 is 16.2 Å². The number of rotatable bonds is 1. The summed E-state index contributed by atoms with van der Waals surface area (Å²) in [6.07, 6.45) is -2.23. The van der Waals surface area contributed by atoms with E-state index in [1.54, 1.807) is 0 Å². The number of carboxylic acid groups (broad SMARTS) is 1. The average molecular weight is 254 g/mol. The van der Waals surface area contributed by atoms with Gasteiger partial charge in [0.1, 0.15) is 0 Å². The summed E-state index contributed by atoms with van der Waals surface area (Å²) in [5, 5.41) is 9.92. The number of amides is 1. The number of halogens is 3. The number of hydrogen-bond donors (Lipinski definition) is 3. The van der Waals surface area contributed by atoms with Crippen LogP contribution in [-0.4, -0.2) is 35.2 Å². The molecular weight excluding hydrogens is 241 g/mol. The minimum Gasteiger partial charge on any atom is -0.475 e. The first-order valence-corrected chi connectivity index (χ1v) is 5.01. The van der Waals surface area contributed by atoms with Crippen molar-refractivity contribution in [2.45, 2.75) is 31.0 Å². The third-order valence-corrected chi connectivity index (χ3v) is 2.86. The Labute approximate surface area is 95.2 Å². The Morgan fingerprint density at radius 2 is 1.94 bits per heavy atom. The molecular formula is C9H13F3N2O3. The molecule has 1 atom stereocenters. The van der Waals surface area contributed by atoms with E-state index in [9.17, 15) is 18.0 Å². The van der Waals surface area contributed by atoms with E-state index in [4.69, 9.17) is 15.6 Å². The fraction of sp³-hybridized carbons (Fsp3) is 0.778. The molecule has 4 N–H and O–H groups in total. The van der Waals surface area contributed by atoms with E-state index < -0.39 is 12.1 Å². The molecule has 1 heterocycles. The number of carboxylic acids is 1. The van der Waals surface area contributed by atoms with Crippen LogP contribution < -0.4 is 11.1 Å². The van der Waals surface area contributed by atoms with Gasteiger partial charge in [-0.1, -0.05) is 0 Å². The molecule has 1 saturated carbocycles. The predicted octanol–water partition coefficient (Wildman–Crippen LogP) is 0.247. The number of carbonyl (C=O) groups is 2. The molecule has 2 aliphatic rings. The fourth-order valence-corrected chi connectivity index (χ4v) is 1.56. The number of nitrogens with one attached hydrogen (secondary N) is 1. The molecule has 5 nitrogen and oxygen atoms in total. The van der Waals surface area contributed by atoms with Gasteiger partial charge in [-0.25, -0.2) is 4.79 Å². The Kier molecular flexibility index (Phi) is 3.65. The fourth-order valence-electron chi connectivity index (χ4n) is 1.56. The molecule has 17 heavy (non-hydrogen) atoms. The predicted molar refractivity (Wildman–Crippen MR) is 51.0 cm³/mol. The van der Waals surface area contributed by atoms with Gasteiger partial charge in [-0.15, -0.1) is 0 Å². The Morgan fingerprint density at radius 3 is 2.18 bits per heavy atom. The Balaban J connectivity index is 0.000000185. The van der Waals surface area contributed by atoms with Crippen molar-refractivity contribution in [3.05, 3.63) is 0 Å². The minimum absolute atomic E-state index is 0.0269. The molecule has 0 bridgehead atoms. The molecule has 0 radical (unpaired) electrons. The summed E-state index contributed by atoms with van der Waals surface area (Å²) >= 11 is 0. The van der Waals surface area contributed by atoms with E-state index in [1.165, 1.54) is 0 Å². The second-order valence-electron chi connectivity index (χ2n) is 4.24. The zero-order valence-electron chi connectivity index (χ0n) is 8.88. The van der Waals surface area contributed by atoms with Gasteiger partial charge in [0.15, 0.2) is 0 Å². The molecule has 2 rings (SSSR count). The van der Waals surface area contributed by atoms with Gasteiger partial charge in [0.25, 0.3) is 0 Å². The standard InChI is InChI=1S/C7H12N2O.C2HF3O2/c8-7(1-2-7)5-3-6(10)9-4-5;3-2(4,5)1(6)7/h5H,1-4,8H2,(H,9,10);(H,6,7). The number of hydrogen-bond acceptors (Lipinski definition) is 3. The highest BCUT2D eigenvalue weighted by atomic mass is 19.4. The quantitative estimate of drug-likeness (QED) is 0.625. The summed E-state index contributed by atoms with van der Waals surface area (Å²) in [4.78, 5) is 19.7. The number of aliphatic carboxylic acids is 1. The van der Waals surface area contributed by atoms with Crippen LogP contribution in [0.2, 0.25) is 0 Å². The topological polar surface area (TPSA) is 92.4 Å². The molecule has 0 aromatic rings. The maximum Gasteiger partial charge on any atom is 0.490 e. The second kappa shape index (κ2) is 4.52. The largest absolute Gasteiger partial charge is 0.490 e. The van der Waals surface area contributed by atoms with Crippen LogP contribution in [-0.2, 0) is 9.59 Å². The van der Waals surface area contributed by atoms with E-state index in [0.29, 0.717) is 12.3 Å². The van der Waals surface area contributed by atoms with Crippen molar-refractivity contribution in [2.24, 2.45) is 11.7 Å². The summed E-state index contributed by atoms with van der Waals surface area (Å²) in [6.45, 7) is 0.801. The van der Waals surface area contributed by atoms with Crippen LogP contribution in [0.1, 0.15) is 19.3 Å². The van der Waals surface area contributed by atoms with Crippen LogP contribution in [0.25, 0.3) is 0 Å². The normalized spacial score (nSPS) is 25.6. The van der Waals surface area contributed by atoms with Gasteiger partial charge in [0.05, 0.1) is 0 Å². The van der Waals surface area contributed by atoms with Crippen LogP contribution >= 0.6 is 0 Å². The lowest BCUT2D eigenvalue weighted by molar-refractivity contribution is -0.192. The zero-order valence-corrected chi connectivity index (χ0v) is 8.88. The Bertz CT molecular complexity index is 326. The van der Waals surface area contributed by atoms with Gasteiger partial charge in [0, 0.05) is 24.4 Å². The first-order valence-electron chi connectivity index (χ1n) is 5.01. The highest BCUT2D eigenvalue weighted by Crippen LogP contribution is 2.42. The summed E-state index contributed by atoms with van der Waals surface area (Å²) < 4.78 is 31.7. The van der Waals surface area contributed by atoms with Gasteiger partial charge in [-0.2, -0.15) is 13.2 Å². The van der Waals surface area contributed by atoms with Crippen molar-refractivity contribution >= 4 is 11.9 Å². The molecule has 1 aliphatic carbocycles. The van der Waals surface area contributed by atoms with Crippen molar-refractivity contribution < 1.29 is 27.9 Å². The molecule has 1 saturated heterocycles. The Morgan fingerprint density at radius 1 is 1.47 bits per heavy atom. The number of carbonyl (C=O) groups excluding carboxylic acids is 1. The highest BCUT2D eigenvalue weighted by molar-refractivity contribution is 5.78. The van der Waals surface area contributed by atoms with E-state index in [0.717, 1.165) is 19.4 Å². The molecule has 98 valence electrons. The summed E-state index contributed by atoms with van der Waals surface area (Å²) in [6, 6.07) is 0. The molecule has 0 spiro atoms. The SMILES string of the molecule is NC1(C2CNC(=O)C2)CC1.O=C(O)C(F)(F)F. The molecule has 0 aromatic carbocycles. The van der Waals surface area contributed by atoms with Gasteiger partial charge in [-0.3, -0.25) is 4.79 Å². The van der Waals surface area contributed by atoms with E-state index in [1.807, 2.05) is 0 Å². The number of nitrogens with two attached hydrogens (primary N) is 1. The maximum absolute atomic E-state index is 10.8. The smallest absolute Gasteiger partial charge is 0.475 e. The van der Waals surface area contributed by atoms with Crippen molar-refractivity contribution in [3.8, 4) is 0 Å². The molecule has 1 unspecified atom stereocenters. The van der Waals surface area contributed by atoms with Crippen LogP contribution in [0.15, 0.2) is 0 Å². The second-order valence-corrected chi connectivity index (χ2v) is 4.24. The third kappa shape index (κ3) is 3.88. The van der Waals surface area contributed by atoms with Crippen LogP contribution in [0.3, 0.4) is 0 Å². The highest BCUT2D eigenvalue weighted by Gasteiger charge is 2.48. The van der Waals surface area contributed by atoms with Gasteiger partial charge >= 0.3 is 12.1 Å². The molecule has 8 heteroatoms. The van der Waals surface area contributed by atoms with E-state index in [2.05, 4.69) is 5.32 Å². The lowest BCUT2D eigenvalue weighted by atomic mass is 9.97. The first kappa shape index (κ1) is 13.8. The zero-order chi connectivity index (χ0) is 13.3. The molecule has 0 aromatic heterocycles. The molecule has 2 fully saturated rings.